The van der Waals surface area contributed by atoms with E-state index in [4.69, 9.17) is 5.10 Å². The minimum absolute atomic E-state index is 0.0977. The van der Waals surface area contributed by atoms with Crippen molar-refractivity contribution in [2.45, 2.75) is 34.6 Å². The topological polar surface area (TPSA) is 79.3 Å². The summed E-state index contributed by atoms with van der Waals surface area (Å²) < 4.78 is 1.78. The van der Waals surface area contributed by atoms with E-state index in [2.05, 4.69) is 10.6 Å². The van der Waals surface area contributed by atoms with Crippen molar-refractivity contribution in [2.75, 3.05) is 23.7 Å². The molecule has 0 bridgehead atoms. The first-order valence-corrected chi connectivity index (χ1v) is 12.4. The van der Waals surface area contributed by atoms with Gasteiger partial charge in [0, 0.05) is 17.8 Å². The highest BCUT2D eigenvalue weighted by Crippen LogP contribution is 2.34. The first-order chi connectivity index (χ1) is 17.8. The molecule has 0 fully saturated rings. The van der Waals surface area contributed by atoms with Crippen molar-refractivity contribution < 1.29 is 9.59 Å². The van der Waals surface area contributed by atoms with Gasteiger partial charge in [-0.3, -0.25) is 4.79 Å². The molecule has 190 valence electrons. The van der Waals surface area contributed by atoms with E-state index in [1.807, 2.05) is 107 Å². The molecule has 2 N–H and O–H groups in total. The molecule has 0 atom stereocenters. The molecule has 3 amide bonds. The van der Waals surface area contributed by atoms with Crippen LogP contribution < -0.4 is 10.6 Å². The number of benzene rings is 3. The second-order valence-corrected chi connectivity index (χ2v) is 9.13. The van der Waals surface area contributed by atoms with Crippen LogP contribution in [0.2, 0.25) is 0 Å². The Hall–Kier alpha value is -4.39. The molecule has 7 nitrogen and oxygen atoms in total. The molecular weight excluding hydrogens is 462 g/mol. The molecule has 37 heavy (non-hydrogen) atoms. The molecule has 0 aliphatic heterocycles. The maximum atomic E-state index is 13.4. The van der Waals surface area contributed by atoms with Crippen LogP contribution in [0, 0.1) is 27.7 Å². The molecule has 1 heterocycles. The Balaban J connectivity index is 1.63. The Labute approximate surface area is 218 Å². The van der Waals surface area contributed by atoms with Crippen LogP contribution in [-0.4, -0.2) is 39.7 Å². The minimum atomic E-state index is -0.318. The van der Waals surface area contributed by atoms with Crippen molar-refractivity contribution in [3.63, 3.8) is 0 Å². The number of nitrogens with zero attached hydrogens (tertiary/aromatic N) is 3. The lowest BCUT2D eigenvalue weighted by Crippen LogP contribution is -2.40. The van der Waals surface area contributed by atoms with Crippen LogP contribution in [0.25, 0.3) is 16.8 Å². The van der Waals surface area contributed by atoms with Crippen molar-refractivity contribution in [1.29, 1.82) is 0 Å². The maximum absolute atomic E-state index is 13.4. The lowest BCUT2D eigenvalue weighted by molar-refractivity contribution is -0.116. The zero-order valence-electron chi connectivity index (χ0n) is 22.0. The predicted octanol–water partition coefficient (Wildman–Crippen LogP) is 6.27. The van der Waals surface area contributed by atoms with Gasteiger partial charge in [0.1, 0.15) is 12.4 Å². The van der Waals surface area contributed by atoms with Crippen LogP contribution in [-0.2, 0) is 4.79 Å². The van der Waals surface area contributed by atoms with E-state index in [1.165, 1.54) is 4.90 Å². The van der Waals surface area contributed by atoms with Gasteiger partial charge >= 0.3 is 6.03 Å². The van der Waals surface area contributed by atoms with Gasteiger partial charge in [-0.15, -0.1) is 0 Å². The number of urea groups is 1. The molecule has 0 spiro atoms. The summed E-state index contributed by atoms with van der Waals surface area (Å²) in [5, 5.41) is 10.8. The number of rotatable bonds is 7. The standard InChI is InChI=1S/C30H33N5O2/c1-6-34(30(37)32-28-21(3)14-12-15-22(28)4)19-26(36)31-29-27(24-16-8-7-9-17-24)23(5)33-35(29)25-18-11-10-13-20(25)2/h7-18H,6,19H2,1-5H3,(H,31,36)(H,32,37). The zero-order valence-corrected chi connectivity index (χ0v) is 22.0. The fourth-order valence-electron chi connectivity index (χ4n) is 4.44. The average Bonchev–Trinajstić information content (AvgIpc) is 3.20. The van der Waals surface area contributed by atoms with E-state index >= 15 is 0 Å². The first kappa shape index (κ1) is 25.7. The number of para-hydroxylation sites is 2. The Morgan fingerprint density at radius 1 is 0.811 bits per heavy atom. The lowest BCUT2D eigenvalue weighted by Gasteiger charge is -2.22. The van der Waals surface area contributed by atoms with E-state index in [0.717, 1.165) is 44.9 Å². The Morgan fingerprint density at radius 2 is 1.43 bits per heavy atom. The summed E-state index contributed by atoms with van der Waals surface area (Å²) in [7, 11) is 0. The molecule has 0 aliphatic carbocycles. The molecule has 0 saturated heterocycles. The average molecular weight is 496 g/mol. The van der Waals surface area contributed by atoms with E-state index in [-0.39, 0.29) is 18.5 Å². The second kappa shape index (κ2) is 11.1. The molecular formula is C30H33N5O2. The molecule has 1 aromatic heterocycles. The van der Waals surface area contributed by atoms with Gasteiger partial charge in [0.25, 0.3) is 0 Å². The molecule has 0 radical (unpaired) electrons. The first-order valence-electron chi connectivity index (χ1n) is 12.4. The summed E-state index contributed by atoms with van der Waals surface area (Å²) in [5.41, 5.74) is 7.22. The van der Waals surface area contributed by atoms with Gasteiger partial charge in [-0.25, -0.2) is 9.48 Å². The van der Waals surface area contributed by atoms with E-state index in [1.54, 1.807) is 4.68 Å². The molecule has 4 rings (SSSR count). The Bertz CT molecular complexity index is 1410. The quantitative estimate of drug-likeness (QED) is 0.317. The Kier molecular flexibility index (Phi) is 7.72. The van der Waals surface area contributed by atoms with Gasteiger partial charge in [0.05, 0.1) is 11.4 Å². The molecule has 0 saturated carbocycles. The highest BCUT2D eigenvalue weighted by Gasteiger charge is 2.23. The van der Waals surface area contributed by atoms with Crippen molar-refractivity contribution in [3.05, 3.63) is 95.2 Å². The summed E-state index contributed by atoms with van der Waals surface area (Å²) in [6.07, 6.45) is 0. The smallest absolute Gasteiger partial charge is 0.315 e. The van der Waals surface area contributed by atoms with Crippen molar-refractivity contribution in [2.24, 2.45) is 0 Å². The van der Waals surface area contributed by atoms with Crippen molar-refractivity contribution in [1.82, 2.24) is 14.7 Å². The number of hydrogen-bond donors (Lipinski definition) is 2. The second-order valence-electron chi connectivity index (χ2n) is 9.13. The van der Waals surface area contributed by atoms with Gasteiger partial charge in [-0.1, -0.05) is 66.7 Å². The summed E-state index contributed by atoms with van der Waals surface area (Å²) in [6.45, 7) is 9.98. The maximum Gasteiger partial charge on any atom is 0.322 e. The van der Waals surface area contributed by atoms with Crippen LogP contribution in [0.15, 0.2) is 72.8 Å². The van der Waals surface area contributed by atoms with Gasteiger partial charge in [-0.2, -0.15) is 5.10 Å². The zero-order chi connectivity index (χ0) is 26.5. The fourth-order valence-corrected chi connectivity index (χ4v) is 4.44. The summed E-state index contributed by atoms with van der Waals surface area (Å²) in [4.78, 5) is 27.9. The molecule has 4 aromatic rings. The van der Waals surface area contributed by atoms with E-state index in [9.17, 15) is 9.59 Å². The largest absolute Gasteiger partial charge is 0.322 e. The monoisotopic (exact) mass is 495 g/mol. The third kappa shape index (κ3) is 5.56. The molecule has 7 heteroatoms. The van der Waals surface area contributed by atoms with Gasteiger partial charge in [0.15, 0.2) is 0 Å². The molecule has 3 aromatic carbocycles. The van der Waals surface area contributed by atoms with Crippen molar-refractivity contribution >= 4 is 23.4 Å². The summed E-state index contributed by atoms with van der Waals surface area (Å²) in [6, 6.07) is 23.3. The lowest BCUT2D eigenvalue weighted by atomic mass is 10.1. The third-order valence-corrected chi connectivity index (χ3v) is 6.44. The molecule has 0 aliphatic rings. The highest BCUT2D eigenvalue weighted by atomic mass is 16.2. The summed E-state index contributed by atoms with van der Waals surface area (Å²) in [5.74, 6) is 0.277. The number of aromatic nitrogens is 2. The fraction of sp³-hybridized carbons (Fsp3) is 0.233. The summed E-state index contributed by atoms with van der Waals surface area (Å²) >= 11 is 0. The number of hydrogen-bond acceptors (Lipinski definition) is 3. The minimum Gasteiger partial charge on any atom is -0.315 e. The van der Waals surface area contributed by atoms with Gasteiger partial charge < -0.3 is 15.5 Å². The number of carbonyl (C=O) groups is 2. The number of aryl methyl sites for hydroxylation is 4. The van der Waals surface area contributed by atoms with Crippen LogP contribution in [0.1, 0.15) is 29.3 Å². The van der Waals surface area contributed by atoms with E-state index < -0.39 is 0 Å². The number of likely N-dealkylation sites (N-methyl/N-ethyl adjacent to an activating group) is 1. The number of carbonyl (C=O) groups excluding carboxylic acids is 2. The highest BCUT2D eigenvalue weighted by molar-refractivity contribution is 5.99. The third-order valence-electron chi connectivity index (χ3n) is 6.44. The van der Waals surface area contributed by atoms with Crippen LogP contribution in [0.5, 0.6) is 0 Å². The number of amides is 3. The SMILES string of the molecule is CCN(CC(=O)Nc1c(-c2ccccc2)c(C)nn1-c1ccccc1C)C(=O)Nc1c(C)cccc1C. The number of nitrogens with one attached hydrogen (secondary N) is 2. The van der Waals surface area contributed by atoms with Gasteiger partial charge in [-0.05, 0) is 62.9 Å². The van der Waals surface area contributed by atoms with Crippen LogP contribution in [0.4, 0.5) is 16.3 Å². The normalized spacial score (nSPS) is 10.7. The van der Waals surface area contributed by atoms with Crippen molar-refractivity contribution in [3.8, 4) is 16.8 Å². The Morgan fingerprint density at radius 3 is 2.08 bits per heavy atom. The van der Waals surface area contributed by atoms with Gasteiger partial charge in [0.2, 0.25) is 5.91 Å². The molecule has 0 unspecified atom stereocenters. The number of anilines is 2. The van der Waals surface area contributed by atoms with Crippen LogP contribution in [0.3, 0.4) is 0 Å². The van der Waals surface area contributed by atoms with E-state index in [0.29, 0.717) is 12.4 Å². The van der Waals surface area contributed by atoms with Crippen LogP contribution >= 0.6 is 0 Å². The predicted molar refractivity (Wildman–Crippen MR) is 149 cm³/mol.